The molecular weight excluding hydrogens is 666 g/mol. The van der Waals surface area contributed by atoms with Crippen LogP contribution in [0.5, 0.6) is 0 Å². The van der Waals surface area contributed by atoms with Gasteiger partial charge in [-0.05, 0) is 153 Å². The minimum atomic E-state index is -1.00. The lowest BCUT2D eigenvalue weighted by Crippen LogP contribution is -2.72. The molecule has 4 aliphatic carbocycles. The number of ether oxygens (including phenoxy) is 2. The molecule has 0 aromatic rings. The molecule has 53 heavy (non-hydrogen) atoms. The highest BCUT2D eigenvalue weighted by molar-refractivity contribution is 5.67. The quantitative estimate of drug-likeness (QED) is 0.123. The normalized spacial score (nSPS) is 34.9. The molecule has 4 fully saturated rings. The highest BCUT2D eigenvalue weighted by atomic mass is 16.6. The van der Waals surface area contributed by atoms with E-state index in [0.717, 1.165) is 69.4 Å². The third-order valence-electron chi connectivity index (χ3n) is 14.3. The zero-order valence-corrected chi connectivity index (χ0v) is 35.8. The van der Waals surface area contributed by atoms with E-state index in [4.69, 9.17) is 9.47 Å². The Morgan fingerprint density at radius 1 is 0.792 bits per heavy atom. The summed E-state index contributed by atoms with van der Waals surface area (Å²) in [6.45, 7) is 25.9. The van der Waals surface area contributed by atoms with Crippen molar-refractivity contribution in [1.29, 1.82) is 0 Å². The van der Waals surface area contributed by atoms with Crippen LogP contribution in [0.15, 0.2) is 0 Å². The molecule has 4 aliphatic rings. The molecule has 4 N–H and O–H groups in total. The van der Waals surface area contributed by atoms with E-state index < -0.39 is 35.1 Å². The molecule has 10 atom stereocenters. The maximum absolute atomic E-state index is 13.2. The molecule has 0 aromatic heterocycles. The number of carbonyl (C=O) groups is 2. The van der Waals surface area contributed by atoms with E-state index in [1.165, 1.54) is 44.9 Å². The van der Waals surface area contributed by atoms with Gasteiger partial charge in [-0.3, -0.25) is 4.90 Å². The predicted molar refractivity (Wildman–Crippen MR) is 214 cm³/mol. The third-order valence-corrected chi connectivity index (χ3v) is 14.3. The van der Waals surface area contributed by atoms with Crippen LogP contribution in [0.3, 0.4) is 0 Å². The number of amides is 2. The van der Waals surface area contributed by atoms with Gasteiger partial charge in [0.2, 0.25) is 0 Å². The molecule has 0 radical (unpaired) electrons. The highest BCUT2D eigenvalue weighted by Gasteiger charge is 2.68. The maximum atomic E-state index is 13.2. The summed E-state index contributed by atoms with van der Waals surface area (Å²) in [7, 11) is 0. The summed E-state index contributed by atoms with van der Waals surface area (Å²) in [4.78, 5) is 27.3. The van der Waals surface area contributed by atoms with E-state index in [1.807, 2.05) is 41.5 Å². The van der Waals surface area contributed by atoms with E-state index in [0.29, 0.717) is 42.7 Å². The molecule has 308 valence electrons. The van der Waals surface area contributed by atoms with Crippen LogP contribution < -0.4 is 10.6 Å². The standard InChI is InChI=1S/C44H81N3O6/c1-30(2)16-14-17-31(3)34-18-19-35-33-28-37(44(51)29-32(48)20-23-43(44,11)36(33)21-22-42(34,35)10)47(27-15-25-46-39(50)53-41(7,8)9)26-13-12-24-45-38(49)52-40(4,5)6/h30-37,48,51H,12-29H2,1-11H3,(H,45,49)(H,46,50)/t31-,32+,33+,34-,35+,36+,37-,42-,43-,44+/m1/s1. The zero-order chi connectivity index (χ0) is 39.4. The molecule has 0 aromatic carbocycles. The van der Waals surface area contributed by atoms with Crippen molar-refractivity contribution in [3.63, 3.8) is 0 Å². The number of hydrogen-bond donors (Lipinski definition) is 4. The van der Waals surface area contributed by atoms with Crippen molar-refractivity contribution in [2.75, 3.05) is 26.2 Å². The molecule has 0 saturated heterocycles. The number of hydrogen-bond acceptors (Lipinski definition) is 7. The van der Waals surface area contributed by atoms with Gasteiger partial charge in [-0.25, -0.2) is 9.59 Å². The Morgan fingerprint density at radius 3 is 2.00 bits per heavy atom. The highest BCUT2D eigenvalue weighted by Crippen LogP contribution is 2.69. The fraction of sp³-hybridized carbons (Fsp3) is 0.955. The second-order valence-corrected chi connectivity index (χ2v) is 20.9. The number of aliphatic hydroxyl groups is 2. The first kappa shape index (κ1) is 44.1. The number of nitrogens with one attached hydrogen (secondary N) is 2. The zero-order valence-electron chi connectivity index (χ0n) is 35.8. The minimum absolute atomic E-state index is 0.0890. The molecule has 4 rings (SSSR count). The van der Waals surface area contributed by atoms with Crippen molar-refractivity contribution >= 4 is 12.2 Å². The fourth-order valence-electron chi connectivity index (χ4n) is 11.9. The summed E-state index contributed by atoms with van der Waals surface area (Å²) in [6, 6.07) is -0.0890. The van der Waals surface area contributed by atoms with Gasteiger partial charge in [0.05, 0.1) is 11.7 Å². The Kier molecular flexibility index (Phi) is 14.7. The molecule has 0 aliphatic heterocycles. The van der Waals surface area contributed by atoms with Crippen LogP contribution in [-0.2, 0) is 9.47 Å². The van der Waals surface area contributed by atoms with Gasteiger partial charge in [0.1, 0.15) is 11.2 Å². The SMILES string of the molecule is CC(C)CCC[C@@H](C)[C@H]1CC[C@H]2[C@@H]3C[C@@H](N(CCCCNC(=O)OC(C)(C)C)CCCNC(=O)OC(C)(C)C)[C@@]4(O)C[C@@H](O)CC[C@]4(C)[C@H]3CC[C@]12C. The Balaban J connectivity index is 1.56. The predicted octanol–water partition coefficient (Wildman–Crippen LogP) is 9.08. The molecule has 9 heteroatoms. The van der Waals surface area contributed by atoms with Gasteiger partial charge >= 0.3 is 12.2 Å². The Hall–Kier alpha value is -1.58. The largest absolute Gasteiger partial charge is 0.444 e. The number of unbranched alkanes of at least 4 members (excludes halogenated alkanes) is 1. The van der Waals surface area contributed by atoms with Crippen molar-refractivity contribution in [3.05, 3.63) is 0 Å². The van der Waals surface area contributed by atoms with Gasteiger partial charge in [0, 0.05) is 37.5 Å². The maximum Gasteiger partial charge on any atom is 0.407 e. The van der Waals surface area contributed by atoms with Crippen LogP contribution in [0.1, 0.15) is 166 Å². The number of fused-ring (bicyclic) bond motifs is 5. The van der Waals surface area contributed by atoms with E-state index in [9.17, 15) is 19.8 Å². The summed E-state index contributed by atoms with van der Waals surface area (Å²) in [5, 5.41) is 30.2. The lowest BCUT2D eigenvalue weighted by molar-refractivity contribution is -0.251. The molecule has 0 bridgehead atoms. The van der Waals surface area contributed by atoms with Crippen molar-refractivity contribution in [2.24, 2.45) is 46.3 Å². The first-order valence-corrected chi connectivity index (χ1v) is 21.7. The van der Waals surface area contributed by atoms with Gasteiger partial charge in [0.25, 0.3) is 0 Å². The second-order valence-electron chi connectivity index (χ2n) is 20.9. The third kappa shape index (κ3) is 10.8. The second kappa shape index (κ2) is 17.7. The molecule has 9 nitrogen and oxygen atoms in total. The Morgan fingerprint density at radius 2 is 1.40 bits per heavy atom. The topological polar surface area (TPSA) is 120 Å². The summed E-state index contributed by atoms with van der Waals surface area (Å²) < 4.78 is 11.0. The number of rotatable bonds is 15. The smallest absolute Gasteiger partial charge is 0.407 e. The van der Waals surface area contributed by atoms with Gasteiger partial charge in [-0.2, -0.15) is 0 Å². The van der Waals surface area contributed by atoms with Crippen molar-refractivity contribution in [1.82, 2.24) is 15.5 Å². The van der Waals surface area contributed by atoms with Crippen molar-refractivity contribution in [3.8, 4) is 0 Å². The number of aliphatic hydroxyl groups excluding tert-OH is 1. The molecule has 0 unspecified atom stereocenters. The first-order valence-electron chi connectivity index (χ1n) is 21.7. The lowest BCUT2D eigenvalue weighted by atomic mass is 9.41. The fourth-order valence-corrected chi connectivity index (χ4v) is 11.9. The number of alkyl carbamates (subject to hydrolysis) is 2. The van der Waals surface area contributed by atoms with Crippen molar-refractivity contribution < 1.29 is 29.3 Å². The van der Waals surface area contributed by atoms with Crippen LogP contribution in [0.2, 0.25) is 0 Å². The molecule has 0 heterocycles. The van der Waals surface area contributed by atoms with Gasteiger partial charge in [0.15, 0.2) is 0 Å². The molecule has 2 amide bonds. The van der Waals surface area contributed by atoms with Crippen LogP contribution in [0, 0.1) is 46.3 Å². The summed E-state index contributed by atoms with van der Waals surface area (Å²) >= 11 is 0. The molecule has 4 saturated carbocycles. The number of carbonyl (C=O) groups excluding carboxylic acids is 2. The Labute approximate surface area is 323 Å². The van der Waals surface area contributed by atoms with Gasteiger partial charge in [-0.1, -0.05) is 53.9 Å². The first-order chi connectivity index (χ1) is 24.6. The van der Waals surface area contributed by atoms with Crippen LogP contribution >= 0.6 is 0 Å². The summed E-state index contributed by atoms with van der Waals surface area (Å²) in [5.41, 5.74) is -2.04. The van der Waals surface area contributed by atoms with E-state index in [1.54, 1.807) is 0 Å². The van der Waals surface area contributed by atoms with E-state index >= 15 is 0 Å². The van der Waals surface area contributed by atoms with Crippen LogP contribution in [0.4, 0.5) is 9.59 Å². The van der Waals surface area contributed by atoms with Gasteiger partial charge < -0.3 is 30.3 Å². The van der Waals surface area contributed by atoms with Gasteiger partial charge in [-0.15, -0.1) is 0 Å². The lowest BCUT2D eigenvalue weighted by Gasteiger charge is -2.67. The van der Waals surface area contributed by atoms with Crippen LogP contribution in [0.25, 0.3) is 0 Å². The average molecular weight is 748 g/mol. The Bertz CT molecular complexity index is 1200. The van der Waals surface area contributed by atoms with E-state index in [2.05, 4.69) is 50.2 Å². The van der Waals surface area contributed by atoms with E-state index in [-0.39, 0.29) is 11.5 Å². The summed E-state index contributed by atoms with van der Waals surface area (Å²) in [5.74, 6) is 3.91. The summed E-state index contributed by atoms with van der Waals surface area (Å²) in [6.07, 6.45) is 13.0. The minimum Gasteiger partial charge on any atom is -0.444 e. The number of nitrogens with zero attached hydrogens (tertiary/aromatic N) is 1. The molecular formula is C44H81N3O6. The monoisotopic (exact) mass is 748 g/mol. The van der Waals surface area contributed by atoms with Crippen molar-refractivity contribution in [2.45, 2.75) is 195 Å². The average Bonchev–Trinajstić information content (AvgIpc) is 3.38. The van der Waals surface area contributed by atoms with Crippen LogP contribution in [-0.4, -0.2) is 82.4 Å². The molecule has 0 spiro atoms.